The summed E-state index contributed by atoms with van der Waals surface area (Å²) in [5.41, 5.74) is 2.91. The van der Waals surface area contributed by atoms with Crippen LogP contribution in [0.2, 0.25) is 0 Å². The van der Waals surface area contributed by atoms with Gasteiger partial charge in [-0.15, -0.1) is 11.8 Å². The highest BCUT2D eigenvalue weighted by atomic mass is 79.9. The molecular formula is C22H18BrN3OS2. The van der Waals surface area contributed by atoms with E-state index in [0.717, 1.165) is 25.8 Å². The van der Waals surface area contributed by atoms with E-state index in [0.29, 0.717) is 18.1 Å². The van der Waals surface area contributed by atoms with Crippen molar-refractivity contribution in [3.8, 4) is 0 Å². The summed E-state index contributed by atoms with van der Waals surface area (Å²) in [5, 5.41) is 0.709. The second-order valence-corrected chi connectivity index (χ2v) is 9.27. The Morgan fingerprint density at radius 2 is 1.83 bits per heavy atom. The number of fused-ring (bicyclic) bond motifs is 1. The fourth-order valence-electron chi connectivity index (χ4n) is 2.95. The van der Waals surface area contributed by atoms with Crippen LogP contribution >= 0.6 is 39.0 Å². The van der Waals surface area contributed by atoms with E-state index in [1.54, 1.807) is 29.1 Å². The summed E-state index contributed by atoms with van der Waals surface area (Å²) < 4.78 is 2.05. The van der Waals surface area contributed by atoms with Crippen LogP contribution in [0.1, 0.15) is 11.1 Å². The Kier molecular flexibility index (Phi) is 6.28. The highest BCUT2D eigenvalue weighted by Crippen LogP contribution is 2.32. The first-order valence-electron chi connectivity index (χ1n) is 9.00. The number of halogens is 1. The maximum absolute atomic E-state index is 13.3. The number of amides is 1. The van der Waals surface area contributed by atoms with E-state index in [2.05, 4.69) is 33.0 Å². The predicted octanol–water partition coefficient (Wildman–Crippen LogP) is 5.95. The van der Waals surface area contributed by atoms with Crippen LogP contribution in [0, 0.1) is 0 Å². The Morgan fingerprint density at radius 3 is 2.55 bits per heavy atom. The van der Waals surface area contributed by atoms with Crippen LogP contribution in [0.5, 0.6) is 0 Å². The molecule has 0 saturated carbocycles. The average molecular weight is 484 g/mol. The second-order valence-electron chi connectivity index (χ2n) is 6.47. The molecular weight excluding hydrogens is 466 g/mol. The minimum absolute atomic E-state index is 0.0248. The Labute approximate surface area is 186 Å². The highest BCUT2D eigenvalue weighted by molar-refractivity contribution is 9.10. The number of thiazole rings is 1. The molecule has 0 aliphatic rings. The lowest BCUT2D eigenvalue weighted by Gasteiger charge is -2.20. The Morgan fingerprint density at radius 1 is 1.07 bits per heavy atom. The summed E-state index contributed by atoms with van der Waals surface area (Å²) in [6.45, 7) is 0.464. The summed E-state index contributed by atoms with van der Waals surface area (Å²) in [5.74, 6) is 0.0248. The van der Waals surface area contributed by atoms with Crippen molar-refractivity contribution in [2.24, 2.45) is 0 Å². The molecule has 0 bridgehead atoms. The SMILES string of the molecule is CSc1ccc(CC(=O)N(Cc2ccncc2)c2nc3ccc(Br)cc3s2)cc1. The fourth-order valence-corrected chi connectivity index (χ4v) is 4.89. The van der Waals surface area contributed by atoms with Gasteiger partial charge in [0.2, 0.25) is 5.91 Å². The summed E-state index contributed by atoms with van der Waals surface area (Å²) in [7, 11) is 0. The number of carbonyl (C=O) groups is 1. The van der Waals surface area contributed by atoms with Crippen molar-refractivity contribution < 1.29 is 4.79 Å². The van der Waals surface area contributed by atoms with Gasteiger partial charge >= 0.3 is 0 Å². The monoisotopic (exact) mass is 483 g/mol. The molecule has 0 saturated heterocycles. The molecule has 29 heavy (non-hydrogen) atoms. The Hall–Kier alpha value is -2.22. The number of nitrogens with zero attached hydrogens (tertiary/aromatic N) is 3. The summed E-state index contributed by atoms with van der Waals surface area (Å²) in [6, 6.07) is 18.0. The molecule has 7 heteroatoms. The van der Waals surface area contributed by atoms with Crippen LogP contribution < -0.4 is 4.90 Å². The third-order valence-electron chi connectivity index (χ3n) is 4.48. The first-order valence-corrected chi connectivity index (χ1v) is 11.8. The Balaban J connectivity index is 1.65. The first kappa shape index (κ1) is 20.1. The molecule has 1 amide bonds. The number of hydrogen-bond acceptors (Lipinski definition) is 5. The van der Waals surface area contributed by atoms with Gasteiger partial charge in [-0.25, -0.2) is 4.98 Å². The van der Waals surface area contributed by atoms with Gasteiger partial charge in [0.15, 0.2) is 5.13 Å². The number of pyridine rings is 1. The van der Waals surface area contributed by atoms with Gasteiger partial charge in [-0.1, -0.05) is 39.4 Å². The third kappa shape index (κ3) is 4.86. The van der Waals surface area contributed by atoms with Crippen LogP contribution in [0.3, 0.4) is 0 Å². The third-order valence-corrected chi connectivity index (χ3v) is 6.75. The van der Waals surface area contributed by atoms with Crippen LogP contribution in [-0.2, 0) is 17.8 Å². The number of carbonyl (C=O) groups excluding carboxylic acids is 1. The first-order chi connectivity index (χ1) is 14.1. The van der Waals surface area contributed by atoms with Crippen molar-refractivity contribution in [1.82, 2.24) is 9.97 Å². The van der Waals surface area contributed by atoms with Crippen LogP contribution in [0.15, 0.2) is 76.4 Å². The highest BCUT2D eigenvalue weighted by Gasteiger charge is 2.20. The predicted molar refractivity (Wildman–Crippen MR) is 125 cm³/mol. The van der Waals surface area contributed by atoms with Gasteiger partial charge in [0, 0.05) is 21.8 Å². The largest absolute Gasteiger partial charge is 0.283 e. The lowest BCUT2D eigenvalue weighted by atomic mass is 10.1. The van der Waals surface area contributed by atoms with Crippen LogP contribution in [0.25, 0.3) is 10.2 Å². The molecule has 0 aliphatic carbocycles. The molecule has 0 radical (unpaired) electrons. The van der Waals surface area contributed by atoms with Crippen molar-refractivity contribution in [3.05, 3.63) is 82.6 Å². The van der Waals surface area contributed by atoms with E-state index < -0.39 is 0 Å². The smallest absolute Gasteiger partial charge is 0.233 e. The van der Waals surface area contributed by atoms with Gasteiger partial charge < -0.3 is 0 Å². The average Bonchev–Trinajstić information content (AvgIpc) is 3.16. The zero-order valence-corrected chi connectivity index (χ0v) is 18.9. The van der Waals surface area contributed by atoms with E-state index in [-0.39, 0.29) is 5.91 Å². The minimum atomic E-state index is 0.0248. The molecule has 0 N–H and O–H groups in total. The second kappa shape index (κ2) is 9.07. The molecule has 146 valence electrons. The number of thioether (sulfide) groups is 1. The molecule has 0 atom stereocenters. The number of hydrogen-bond donors (Lipinski definition) is 0. The molecule has 0 fully saturated rings. The topological polar surface area (TPSA) is 46.1 Å². The summed E-state index contributed by atoms with van der Waals surface area (Å²) in [4.78, 5) is 25.0. The Bertz CT molecular complexity index is 1130. The van der Waals surface area contributed by atoms with Crippen molar-refractivity contribution in [2.45, 2.75) is 17.9 Å². The summed E-state index contributed by atoms with van der Waals surface area (Å²) in [6.07, 6.45) is 5.87. The van der Waals surface area contributed by atoms with Crippen molar-refractivity contribution in [1.29, 1.82) is 0 Å². The lowest BCUT2D eigenvalue weighted by molar-refractivity contribution is -0.118. The van der Waals surface area contributed by atoms with Gasteiger partial charge in [-0.2, -0.15) is 0 Å². The standard InChI is InChI=1S/C22H18BrN3OS2/c1-28-18-5-2-15(3-6-18)12-21(27)26(14-16-8-10-24-11-9-16)22-25-19-7-4-17(23)13-20(19)29-22/h2-11,13H,12,14H2,1H3. The molecule has 4 nitrogen and oxygen atoms in total. The molecule has 4 rings (SSSR count). The lowest BCUT2D eigenvalue weighted by Crippen LogP contribution is -2.31. The van der Waals surface area contributed by atoms with Crippen molar-refractivity contribution >= 4 is 60.3 Å². The van der Waals surface area contributed by atoms with Gasteiger partial charge in [0.25, 0.3) is 0 Å². The molecule has 4 aromatic rings. The fraction of sp³-hybridized carbons (Fsp3) is 0.136. The van der Waals surface area contributed by atoms with Crippen molar-refractivity contribution in [3.63, 3.8) is 0 Å². The normalized spacial score (nSPS) is 11.0. The van der Waals surface area contributed by atoms with E-state index in [1.165, 1.54) is 16.2 Å². The van der Waals surface area contributed by atoms with Gasteiger partial charge in [-0.05, 0) is 59.8 Å². The van der Waals surface area contributed by atoms with Crippen molar-refractivity contribution in [2.75, 3.05) is 11.2 Å². The van der Waals surface area contributed by atoms with Crippen LogP contribution in [-0.4, -0.2) is 22.1 Å². The maximum atomic E-state index is 13.3. The van der Waals surface area contributed by atoms with E-state index in [1.807, 2.05) is 48.7 Å². The van der Waals surface area contributed by atoms with E-state index in [4.69, 9.17) is 4.98 Å². The maximum Gasteiger partial charge on any atom is 0.233 e. The zero-order chi connectivity index (χ0) is 20.2. The molecule has 0 spiro atoms. The number of aromatic nitrogens is 2. The molecule has 2 aromatic carbocycles. The number of rotatable bonds is 6. The zero-order valence-electron chi connectivity index (χ0n) is 15.7. The number of anilines is 1. The van der Waals surface area contributed by atoms with E-state index in [9.17, 15) is 4.79 Å². The van der Waals surface area contributed by atoms with E-state index >= 15 is 0 Å². The minimum Gasteiger partial charge on any atom is -0.283 e. The number of benzene rings is 2. The quantitative estimate of drug-likeness (QED) is 0.317. The molecule has 2 aromatic heterocycles. The van der Waals surface area contributed by atoms with Gasteiger partial charge in [0.05, 0.1) is 23.2 Å². The molecule has 2 heterocycles. The van der Waals surface area contributed by atoms with Gasteiger partial charge in [-0.3, -0.25) is 14.7 Å². The summed E-state index contributed by atoms with van der Waals surface area (Å²) >= 11 is 6.73. The molecule has 0 unspecified atom stereocenters. The molecule has 0 aliphatic heterocycles. The van der Waals surface area contributed by atoms with Gasteiger partial charge in [0.1, 0.15) is 0 Å². The van der Waals surface area contributed by atoms with Crippen LogP contribution in [0.4, 0.5) is 5.13 Å².